The third-order valence-electron chi connectivity index (χ3n) is 4.32. The first-order chi connectivity index (χ1) is 12.3. The predicted molar refractivity (Wildman–Crippen MR) is 94.9 cm³/mol. The van der Waals surface area contributed by atoms with E-state index < -0.39 is 12.5 Å². The molecule has 3 heterocycles. The highest BCUT2D eigenvalue weighted by Crippen LogP contribution is 2.45. The molecule has 1 N–H and O–H groups in total. The van der Waals surface area contributed by atoms with Crippen LogP contribution >= 0.6 is 11.6 Å². The van der Waals surface area contributed by atoms with Gasteiger partial charge in [0, 0.05) is 10.9 Å². The van der Waals surface area contributed by atoms with Crippen molar-refractivity contribution in [2.24, 2.45) is 0 Å². The first-order valence-electron chi connectivity index (χ1n) is 8.05. The number of aryl methyl sites for hydroxylation is 1. The van der Waals surface area contributed by atoms with Crippen molar-refractivity contribution in [2.45, 2.75) is 25.8 Å². The van der Waals surface area contributed by atoms with Gasteiger partial charge in [-0.25, -0.2) is 15.0 Å². The topological polar surface area (TPSA) is 59.9 Å². The number of para-hydroxylation sites is 1. The van der Waals surface area contributed by atoms with E-state index in [9.17, 15) is 8.78 Å². The molecule has 0 radical (unpaired) electrons. The first kappa shape index (κ1) is 16.9. The number of anilines is 1. The quantitative estimate of drug-likeness (QED) is 0.674. The van der Waals surface area contributed by atoms with Gasteiger partial charge in [0.2, 0.25) is 0 Å². The second kappa shape index (κ2) is 6.02. The summed E-state index contributed by atoms with van der Waals surface area (Å²) in [4.78, 5) is 12.8. The van der Waals surface area contributed by atoms with E-state index in [1.807, 2.05) is 6.92 Å². The molecule has 4 rings (SSSR count). The van der Waals surface area contributed by atoms with E-state index in [0.29, 0.717) is 33.3 Å². The van der Waals surface area contributed by atoms with Gasteiger partial charge in [-0.1, -0.05) is 23.7 Å². The van der Waals surface area contributed by atoms with Gasteiger partial charge in [0.25, 0.3) is 0 Å². The molecule has 26 heavy (non-hydrogen) atoms. The van der Waals surface area contributed by atoms with E-state index in [1.165, 1.54) is 6.07 Å². The Labute approximate surface area is 153 Å². The molecular weight excluding hydrogens is 362 g/mol. The van der Waals surface area contributed by atoms with Crippen molar-refractivity contribution in [3.05, 3.63) is 52.6 Å². The number of ether oxygens (including phenoxy) is 1. The fraction of sp³-hybridized carbons (Fsp3) is 0.278. The molecule has 0 spiro atoms. The zero-order valence-corrected chi connectivity index (χ0v) is 14.8. The van der Waals surface area contributed by atoms with Gasteiger partial charge in [-0.3, -0.25) is 0 Å². The van der Waals surface area contributed by atoms with Crippen LogP contribution in [0, 0.1) is 6.92 Å². The maximum Gasteiger partial charge on any atom is 0.310 e. The van der Waals surface area contributed by atoms with Crippen LogP contribution in [0.4, 0.5) is 14.6 Å². The van der Waals surface area contributed by atoms with E-state index in [2.05, 4.69) is 20.3 Å². The van der Waals surface area contributed by atoms with Crippen molar-refractivity contribution < 1.29 is 13.5 Å². The number of hydrogen-bond acceptors (Lipinski definition) is 5. The number of rotatable bonds is 3. The maximum atomic E-state index is 13.9. The Bertz CT molecular complexity index is 1010. The number of fused-ring (bicyclic) bond motifs is 2. The molecule has 5 nitrogen and oxygen atoms in total. The Hall–Kier alpha value is -2.54. The van der Waals surface area contributed by atoms with E-state index >= 15 is 0 Å². The van der Waals surface area contributed by atoms with Crippen molar-refractivity contribution in [3.8, 4) is 5.75 Å². The van der Waals surface area contributed by atoms with Gasteiger partial charge < -0.3 is 10.1 Å². The highest BCUT2D eigenvalue weighted by atomic mass is 35.5. The van der Waals surface area contributed by atoms with Gasteiger partial charge in [-0.05, 0) is 26.0 Å². The van der Waals surface area contributed by atoms with Crippen molar-refractivity contribution in [1.82, 2.24) is 15.0 Å². The number of pyridine rings is 1. The average Bonchev–Trinajstić information content (AvgIpc) is 2.91. The van der Waals surface area contributed by atoms with Crippen LogP contribution in [0.1, 0.15) is 29.9 Å². The minimum Gasteiger partial charge on any atom is -0.486 e. The number of nitrogens with one attached hydrogen (secondary N) is 1. The van der Waals surface area contributed by atoms with Crippen molar-refractivity contribution in [2.75, 3.05) is 11.9 Å². The van der Waals surface area contributed by atoms with Crippen LogP contribution < -0.4 is 10.1 Å². The molecule has 0 amide bonds. The first-order valence-corrected chi connectivity index (χ1v) is 8.43. The molecule has 0 saturated carbocycles. The third-order valence-corrected chi connectivity index (χ3v) is 4.52. The largest absolute Gasteiger partial charge is 0.486 e. The monoisotopic (exact) mass is 376 g/mol. The Kier molecular flexibility index (Phi) is 3.91. The van der Waals surface area contributed by atoms with Crippen LogP contribution in [0.25, 0.3) is 10.9 Å². The summed E-state index contributed by atoms with van der Waals surface area (Å²) in [5, 5.41) is 4.30. The minimum atomic E-state index is -2.97. The van der Waals surface area contributed by atoms with E-state index in [4.69, 9.17) is 16.3 Å². The SMILES string of the molecule is Cc1nc(N[C@H](C)c2cccc3c2OCC3(F)F)c2cc(Cl)ncc2n1. The Morgan fingerprint density at radius 2 is 2.12 bits per heavy atom. The zero-order valence-electron chi connectivity index (χ0n) is 14.1. The van der Waals surface area contributed by atoms with Crippen LogP contribution in [0.5, 0.6) is 5.75 Å². The molecule has 1 aromatic carbocycles. The summed E-state index contributed by atoms with van der Waals surface area (Å²) in [6, 6.07) is 6.13. The van der Waals surface area contributed by atoms with Crippen LogP contribution in [0.3, 0.4) is 0 Å². The van der Waals surface area contributed by atoms with Gasteiger partial charge in [0.1, 0.15) is 22.5 Å². The summed E-state index contributed by atoms with van der Waals surface area (Å²) in [5.41, 5.74) is 1.21. The molecule has 1 aliphatic heterocycles. The fourth-order valence-corrected chi connectivity index (χ4v) is 3.26. The summed E-state index contributed by atoms with van der Waals surface area (Å²) >= 11 is 5.99. The van der Waals surface area contributed by atoms with Gasteiger partial charge in [0.05, 0.1) is 23.3 Å². The number of hydrogen-bond donors (Lipinski definition) is 1. The fourth-order valence-electron chi connectivity index (χ4n) is 3.10. The van der Waals surface area contributed by atoms with Crippen LogP contribution in [-0.4, -0.2) is 21.6 Å². The molecule has 0 aliphatic carbocycles. The minimum absolute atomic E-state index is 0.0837. The van der Waals surface area contributed by atoms with Crippen LogP contribution in [-0.2, 0) is 5.92 Å². The van der Waals surface area contributed by atoms with Gasteiger partial charge in [-0.15, -0.1) is 0 Å². The molecule has 8 heteroatoms. The van der Waals surface area contributed by atoms with E-state index in [0.717, 1.165) is 0 Å². The summed E-state index contributed by atoms with van der Waals surface area (Å²) in [6.45, 7) is 3.00. The molecule has 0 fully saturated rings. The summed E-state index contributed by atoms with van der Waals surface area (Å²) in [6.07, 6.45) is 1.58. The summed E-state index contributed by atoms with van der Waals surface area (Å²) in [5.74, 6) is -1.61. The lowest BCUT2D eigenvalue weighted by atomic mass is 10.0. The molecule has 0 bridgehead atoms. The Morgan fingerprint density at radius 3 is 2.92 bits per heavy atom. The van der Waals surface area contributed by atoms with Crippen molar-refractivity contribution >= 4 is 28.3 Å². The highest BCUT2D eigenvalue weighted by Gasteiger charge is 2.42. The molecular formula is C18H15ClF2N4O. The smallest absolute Gasteiger partial charge is 0.310 e. The second-order valence-corrected chi connectivity index (χ2v) is 6.61. The van der Waals surface area contributed by atoms with Gasteiger partial charge in [0.15, 0.2) is 6.61 Å². The number of nitrogens with zero attached hydrogens (tertiary/aromatic N) is 3. The second-order valence-electron chi connectivity index (χ2n) is 6.23. The van der Waals surface area contributed by atoms with Crippen LogP contribution in [0.15, 0.2) is 30.5 Å². The third kappa shape index (κ3) is 2.82. The number of alkyl halides is 2. The lowest BCUT2D eigenvalue weighted by Crippen LogP contribution is -2.14. The maximum absolute atomic E-state index is 13.9. The molecule has 0 unspecified atom stereocenters. The van der Waals surface area contributed by atoms with Gasteiger partial charge >= 0.3 is 5.92 Å². The average molecular weight is 377 g/mol. The lowest BCUT2D eigenvalue weighted by Gasteiger charge is -2.19. The number of benzene rings is 1. The molecule has 2 aromatic heterocycles. The predicted octanol–water partition coefficient (Wildman–Crippen LogP) is 4.64. The standard InChI is InChI=1S/C18H15ClF2N4O/c1-9(11-4-3-5-13-16(11)26-8-18(13,20)21)23-17-12-6-15(19)22-7-14(12)24-10(2)25-17/h3-7,9H,8H2,1-2H3,(H,23,24,25)/t9-/m1/s1. The van der Waals surface area contributed by atoms with Crippen molar-refractivity contribution in [3.63, 3.8) is 0 Å². The summed E-state index contributed by atoms with van der Waals surface area (Å²) < 4.78 is 33.1. The van der Waals surface area contributed by atoms with E-state index in [-0.39, 0.29) is 17.4 Å². The zero-order chi connectivity index (χ0) is 18.5. The van der Waals surface area contributed by atoms with Gasteiger partial charge in [-0.2, -0.15) is 8.78 Å². The molecule has 0 saturated heterocycles. The molecule has 1 atom stereocenters. The lowest BCUT2D eigenvalue weighted by molar-refractivity contribution is -0.0214. The van der Waals surface area contributed by atoms with Crippen LogP contribution in [0.2, 0.25) is 5.15 Å². The molecule has 3 aromatic rings. The summed E-state index contributed by atoms with van der Waals surface area (Å²) in [7, 11) is 0. The number of halogens is 3. The molecule has 134 valence electrons. The molecule has 1 aliphatic rings. The number of aromatic nitrogens is 3. The van der Waals surface area contributed by atoms with Crippen molar-refractivity contribution in [1.29, 1.82) is 0 Å². The Balaban J connectivity index is 1.74. The van der Waals surface area contributed by atoms with E-state index in [1.54, 1.807) is 31.3 Å². The Morgan fingerprint density at radius 1 is 1.31 bits per heavy atom. The highest BCUT2D eigenvalue weighted by molar-refractivity contribution is 6.30. The normalized spacial score (nSPS) is 16.2.